The second kappa shape index (κ2) is 5.15. The number of aliphatic hydroxyl groups is 1. The van der Waals surface area contributed by atoms with Crippen LogP contribution in [0.4, 0.5) is 0 Å². The first-order chi connectivity index (χ1) is 12.7. The van der Waals surface area contributed by atoms with Gasteiger partial charge in [-0.2, -0.15) is 0 Å². The molecule has 27 heavy (non-hydrogen) atoms. The third-order valence-electron chi connectivity index (χ3n) is 6.01. The Bertz CT molecular complexity index is 1240. The van der Waals surface area contributed by atoms with Crippen LogP contribution in [0.3, 0.4) is 0 Å². The minimum absolute atomic E-state index is 0.202. The molecule has 0 amide bonds. The summed E-state index contributed by atoms with van der Waals surface area (Å²) in [5.74, 6) is 0. The summed E-state index contributed by atoms with van der Waals surface area (Å²) >= 11 is 6.75. The summed E-state index contributed by atoms with van der Waals surface area (Å²) in [5.41, 5.74) is 5.67. The average molecular weight is 376 g/mol. The standard InChI is InChI=1S/C24H22ClNO/c1-23(2)15-8-5-6-10-18(15)26-19-11-7-9-16(24(3,4)27)20(19)14-12-13-17(25)21(23)22(14)26/h5-13,27H,1-4H3. The van der Waals surface area contributed by atoms with Crippen molar-refractivity contribution in [3.63, 3.8) is 0 Å². The molecule has 1 aromatic heterocycles. The predicted molar refractivity (Wildman–Crippen MR) is 113 cm³/mol. The smallest absolute Gasteiger partial charge is 0.0847 e. The zero-order valence-electron chi connectivity index (χ0n) is 16.0. The van der Waals surface area contributed by atoms with Gasteiger partial charge in [0.1, 0.15) is 0 Å². The molecule has 0 atom stereocenters. The lowest BCUT2D eigenvalue weighted by atomic mass is 9.74. The van der Waals surface area contributed by atoms with E-state index in [9.17, 15) is 5.11 Å². The lowest BCUT2D eigenvalue weighted by molar-refractivity contribution is 0.0802. The van der Waals surface area contributed by atoms with Crippen molar-refractivity contribution in [2.45, 2.75) is 38.7 Å². The van der Waals surface area contributed by atoms with Gasteiger partial charge in [0.05, 0.1) is 22.3 Å². The molecule has 1 N–H and O–H groups in total. The summed E-state index contributed by atoms with van der Waals surface area (Å²) in [6.07, 6.45) is 0. The summed E-state index contributed by atoms with van der Waals surface area (Å²) in [4.78, 5) is 0. The minimum atomic E-state index is -0.929. The van der Waals surface area contributed by atoms with Crippen molar-refractivity contribution in [1.29, 1.82) is 0 Å². The summed E-state index contributed by atoms with van der Waals surface area (Å²) in [6, 6.07) is 18.8. The van der Waals surface area contributed by atoms with Crippen molar-refractivity contribution >= 4 is 33.4 Å². The van der Waals surface area contributed by atoms with Gasteiger partial charge < -0.3 is 9.67 Å². The molecule has 1 aliphatic rings. The molecule has 0 saturated heterocycles. The molecule has 0 unspecified atom stereocenters. The van der Waals surface area contributed by atoms with E-state index in [1.807, 2.05) is 32.0 Å². The van der Waals surface area contributed by atoms with Crippen LogP contribution in [0.5, 0.6) is 0 Å². The van der Waals surface area contributed by atoms with Gasteiger partial charge >= 0.3 is 0 Å². The van der Waals surface area contributed by atoms with Gasteiger partial charge in [-0.05, 0) is 43.2 Å². The summed E-state index contributed by atoms with van der Waals surface area (Å²) < 4.78 is 2.32. The highest BCUT2D eigenvalue weighted by molar-refractivity contribution is 6.33. The number of para-hydroxylation sites is 1. The van der Waals surface area contributed by atoms with E-state index in [0.29, 0.717) is 0 Å². The van der Waals surface area contributed by atoms with Gasteiger partial charge in [0.2, 0.25) is 0 Å². The van der Waals surface area contributed by atoms with Crippen molar-refractivity contribution in [3.8, 4) is 5.69 Å². The molecule has 0 saturated carbocycles. The lowest BCUT2D eigenvalue weighted by Gasteiger charge is -2.35. The highest BCUT2D eigenvalue weighted by Gasteiger charge is 2.37. The summed E-state index contributed by atoms with van der Waals surface area (Å²) in [6.45, 7) is 8.17. The van der Waals surface area contributed by atoms with Crippen molar-refractivity contribution < 1.29 is 5.11 Å². The number of aromatic nitrogens is 1. The molecule has 1 aliphatic heterocycles. The van der Waals surface area contributed by atoms with Crippen molar-refractivity contribution in [2.75, 3.05) is 0 Å². The Hall–Kier alpha value is -2.29. The van der Waals surface area contributed by atoms with Gasteiger partial charge in [0.25, 0.3) is 0 Å². The first-order valence-corrected chi connectivity index (χ1v) is 9.69. The van der Waals surface area contributed by atoms with E-state index in [0.717, 1.165) is 38.0 Å². The van der Waals surface area contributed by atoms with Crippen molar-refractivity contribution in [2.24, 2.45) is 0 Å². The molecule has 0 bridgehead atoms. The number of hydrogen-bond donors (Lipinski definition) is 1. The molecule has 0 fully saturated rings. The van der Waals surface area contributed by atoms with Crippen molar-refractivity contribution in [3.05, 3.63) is 76.3 Å². The molecular formula is C24H22ClNO. The molecule has 0 radical (unpaired) electrons. The van der Waals surface area contributed by atoms with Gasteiger partial charge in [-0.15, -0.1) is 0 Å². The third kappa shape index (κ3) is 2.06. The first kappa shape index (κ1) is 16.9. The fraction of sp³-hybridized carbons (Fsp3) is 0.250. The van der Waals surface area contributed by atoms with Crippen LogP contribution in [0.25, 0.3) is 27.5 Å². The number of hydrogen-bond acceptors (Lipinski definition) is 1. The largest absolute Gasteiger partial charge is 0.386 e. The molecular weight excluding hydrogens is 354 g/mol. The molecule has 2 heterocycles. The Morgan fingerprint density at radius 2 is 1.70 bits per heavy atom. The molecule has 4 aromatic rings. The van der Waals surface area contributed by atoms with Gasteiger partial charge in [0, 0.05) is 26.8 Å². The zero-order valence-corrected chi connectivity index (χ0v) is 16.7. The monoisotopic (exact) mass is 375 g/mol. The second-order valence-corrected chi connectivity index (χ2v) is 8.96. The molecule has 5 rings (SSSR count). The summed E-state index contributed by atoms with van der Waals surface area (Å²) in [7, 11) is 0. The predicted octanol–water partition coefficient (Wildman–Crippen LogP) is 6.30. The van der Waals surface area contributed by atoms with Crippen LogP contribution in [0.1, 0.15) is 44.4 Å². The van der Waals surface area contributed by atoms with E-state index in [-0.39, 0.29) is 5.41 Å². The average Bonchev–Trinajstić information content (AvgIpc) is 2.94. The Balaban J connectivity index is 2.13. The third-order valence-corrected chi connectivity index (χ3v) is 6.32. The Kier molecular flexibility index (Phi) is 3.22. The molecule has 3 aromatic carbocycles. The van der Waals surface area contributed by atoms with Crippen LogP contribution in [-0.4, -0.2) is 9.67 Å². The SMILES string of the molecule is CC(C)(O)c1cccc2c1c1ccc(Cl)c3c1n2-c1ccccc1C3(C)C. The molecule has 0 aliphatic carbocycles. The molecule has 0 spiro atoms. The lowest BCUT2D eigenvalue weighted by Crippen LogP contribution is -2.26. The van der Waals surface area contributed by atoms with E-state index in [1.54, 1.807) is 0 Å². The molecule has 3 heteroatoms. The number of fused-ring (bicyclic) bond motifs is 5. The topological polar surface area (TPSA) is 25.2 Å². The van der Waals surface area contributed by atoms with Gasteiger partial charge in [-0.1, -0.05) is 61.8 Å². The Morgan fingerprint density at radius 3 is 2.44 bits per heavy atom. The van der Waals surface area contributed by atoms with Gasteiger partial charge in [-0.25, -0.2) is 0 Å². The van der Waals surface area contributed by atoms with Crippen LogP contribution in [0.15, 0.2) is 54.6 Å². The van der Waals surface area contributed by atoms with E-state index < -0.39 is 5.60 Å². The molecule has 2 nitrogen and oxygen atoms in total. The minimum Gasteiger partial charge on any atom is -0.386 e. The fourth-order valence-electron chi connectivity index (χ4n) is 4.82. The number of nitrogens with zero attached hydrogens (tertiary/aromatic N) is 1. The van der Waals surface area contributed by atoms with E-state index in [1.165, 1.54) is 11.3 Å². The highest BCUT2D eigenvalue weighted by atomic mass is 35.5. The van der Waals surface area contributed by atoms with E-state index in [2.05, 4.69) is 54.8 Å². The summed E-state index contributed by atoms with van der Waals surface area (Å²) in [5, 5.41) is 13.9. The van der Waals surface area contributed by atoms with Gasteiger partial charge in [0.15, 0.2) is 0 Å². The van der Waals surface area contributed by atoms with Crippen LogP contribution in [0, 0.1) is 0 Å². The number of halogens is 1. The fourth-order valence-corrected chi connectivity index (χ4v) is 5.21. The Labute approximate surface area is 164 Å². The number of benzene rings is 3. The maximum atomic E-state index is 10.8. The number of rotatable bonds is 1. The van der Waals surface area contributed by atoms with E-state index >= 15 is 0 Å². The maximum Gasteiger partial charge on any atom is 0.0847 e. The van der Waals surface area contributed by atoms with Crippen LogP contribution < -0.4 is 0 Å². The van der Waals surface area contributed by atoms with E-state index in [4.69, 9.17) is 11.6 Å². The Morgan fingerprint density at radius 1 is 0.963 bits per heavy atom. The normalized spacial score (nSPS) is 15.3. The first-order valence-electron chi connectivity index (χ1n) is 9.32. The van der Waals surface area contributed by atoms with Crippen molar-refractivity contribution in [1.82, 2.24) is 4.57 Å². The van der Waals surface area contributed by atoms with Crippen LogP contribution in [-0.2, 0) is 11.0 Å². The van der Waals surface area contributed by atoms with Crippen LogP contribution in [0.2, 0.25) is 5.02 Å². The van der Waals surface area contributed by atoms with Crippen LogP contribution >= 0.6 is 11.6 Å². The quantitative estimate of drug-likeness (QED) is 0.414. The molecule has 136 valence electrons. The second-order valence-electron chi connectivity index (χ2n) is 8.55. The van der Waals surface area contributed by atoms with Gasteiger partial charge in [-0.3, -0.25) is 0 Å². The zero-order chi connectivity index (χ0) is 19.1. The maximum absolute atomic E-state index is 10.8. The highest BCUT2D eigenvalue weighted by Crippen LogP contribution is 2.50.